The molecule has 0 saturated carbocycles. The summed E-state index contributed by atoms with van der Waals surface area (Å²) in [7, 11) is 0. The molecule has 28 heavy (non-hydrogen) atoms. The molecule has 0 radical (unpaired) electrons. The molecular weight excluding hydrogens is 389 g/mol. The van der Waals surface area contributed by atoms with E-state index in [0.29, 0.717) is 28.6 Å². The lowest BCUT2D eigenvalue weighted by Crippen LogP contribution is -2.46. The zero-order valence-electron chi connectivity index (χ0n) is 15.7. The Labute approximate surface area is 165 Å². The summed E-state index contributed by atoms with van der Waals surface area (Å²) in [5.74, 6) is -0.276. The standard InChI is InChI=1S/C20H21F3N2O2S/c1-4-24(5-2)12(3)19(27)25-15-8-7-14(26)11-18(15)28-17-9-6-13(10-16(17)25)20(21,22)23/h6-12,26H,4-5H2,1-3H3. The maximum atomic E-state index is 13.4. The first kappa shape index (κ1) is 20.5. The molecule has 2 aromatic rings. The number of phenols is 1. The molecule has 1 unspecified atom stereocenters. The van der Waals surface area contributed by atoms with Gasteiger partial charge in [-0.1, -0.05) is 25.6 Å². The molecule has 0 aromatic heterocycles. The molecule has 1 aliphatic rings. The Morgan fingerprint density at radius 2 is 1.79 bits per heavy atom. The van der Waals surface area contributed by atoms with Gasteiger partial charge >= 0.3 is 6.18 Å². The van der Waals surface area contributed by atoms with E-state index in [1.165, 1.54) is 34.9 Å². The number of rotatable bonds is 4. The SMILES string of the molecule is CCN(CC)C(C)C(=O)N1c2ccc(O)cc2Sc2ccc(C(F)(F)F)cc21. The predicted molar refractivity (Wildman–Crippen MR) is 103 cm³/mol. The number of likely N-dealkylation sites (N-methyl/N-ethyl adjacent to an activating group) is 1. The van der Waals surface area contributed by atoms with Crippen LogP contribution in [0.25, 0.3) is 0 Å². The van der Waals surface area contributed by atoms with Crippen LogP contribution in [0.3, 0.4) is 0 Å². The van der Waals surface area contributed by atoms with Gasteiger partial charge in [0.1, 0.15) is 5.75 Å². The fraction of sp³-hybridized carbons (Fsp3) is 0.350. The summed E-state index contributed by atoms with van der Waals surface area (Å²) in [4.78, 5) is 17.8. The summed E-state index contributed by atoms with van der Waals surface area (Å²) in [5.41, 5.74) is -0.122. The molecule has 2 aromatic carbocycles. The molecule has 0 bridgehead atoms. The molecule has 0 saturated heterocycles. The number of amides is 1. The van der Waals surface area contributed by atoms with Gasteiger partial charge in [-0.15, -0.1) is 0 Å². The molecule has 1 heterocycles. The third-order valence-electron chi connectivity index (χ3n) is 4.87. The zero-order chi connectivity index (χ0) is 20.6. The van der Waals surface area contributed by atoms with Crippen LogP contribution < -0.4 is 4.90 Å². The van der Waals surface area contributed by atoms with E-state index in [-0.39, 0.29) is 17.3 Å². The lowest BCUT2D eigenvalue weighted by atomic mass is 10.1. The number of anilines is 2. The Hall–Kier alpha value is -2.19. The van der Waals surface area contributed by atoms with Crippen molar-refractivity contribution in [2.24, 2.45) is 0 Å². The smallest absolute Gasteiger partial charge is 0.416 e. The van der Waals surface area contributed by atoms with Crippen LogP contribution in [-0.2, 0) is 11.0 Å². The summed E-state index contributed by atoms with van der Waals surface area (Å²) in [5, 5.41) is 9.81. The maximum absolute atomic E-state index is 13.4. The third-order valence-corrected chi connectivity index (χ3v) is 5.98. The number of halogens is 3. The summed E-state index contributed by atoms with van der Waals surface area (Å²) in [6, 6.07) is 7.40. The van der Waals surface area contributed by atoms with E-state index >= 15 is 0 Å². The number of carbonyl (C=O) groups is 1. The number of fused-ring (bicyclic) bond motifs is 2. The highest BCUT2D eigenvalue weighted by atomic mass is 32.2. The zero-order valence-corrected chi connectivity index (χ0v) is 16.6. The topological polar surface area (TPSA) is 43.8 Å². The van der Waals surface area contributed by atoms with E-state index in [9.17, 15) is 23.1 Å². The Kier molecular flexibility index (Phi) is 5.63. The normalized spacial score (nSPS) is 14.6. The van der Waals surface area contributed by atoms with E-state index < -0.39 is 17.8 Å². The number of benzene rings is 2. The number of aromatic hydroxyl groups is 1. The molecular formula is C20H21F3N2O2S. The van der Waals surface area contributed by atoms with E-state index in [4.69, 9.17) is 0 Å². The van der Waals surface area contributed by atoms with Crippen LogP contribution in [0.5, 0.6) is 5.75 Å². The van der Waals surface area contributed by atoms with Gasteiger partial charge in [0, 0.05) is 9.79 Å². The van der Waals surface area contributed by atoms with Crippen LogP contribution in [0.15, 0.2) is 46.2 Å². The Morgan fingerprint density at radius 1 is 1.11 bits per heavy atom. The molecule has 1 aliphatic heterocycles. The van der Waals surface area contributed by atoms with Crippen molar-refractivity contribution in [3.63, 3.8) is 0 Å². The molecule has 8 heteroatoms. The number of phenolic OH excluding ortho intramolecular Hbond substituents is 1. The van der Waals surface area contributed by atoms with E-state index in [0.717, 1.165) is 12.1 Å². The Balaban J connectivity index is 2.16. The van der Waals surface area contributed by atoms with Crippen LogP contribution in [0.4, 0.5) is 24.5 Å². The van der Waals surface area contributed by atoms with Crippen molar-refractivity contribution in [2.75, 3.05) is 18.0 Å². The summed E-state index contributed by atoms with van der Waals surface area (Å²) in [6.45, 7) is 6.90. The minimum absolute atomic E-state index is 0.0332. The van der Waals surface area contributed by atoms with Crippen LogP contribution in [-0.4, -0.2) is 35.0 Å². The minimum Gasteiger partial charge on any atom is -0.508 e. The quantitative estimate of drug-likeness (QED) is 0.746. The molecule has 0 aliphatic carbocycles. The molecule has 4 nitrogen and oxygen atoms in total. The van der Waals surface area contributed by atoms with Gasteiger partial charge in [0.15, 0.2) is 0 Å². The molecule has 150 valence electrons. The van der Waals surface area contributed by atoms with Crippen molar-refractivity contribution in [3.05, 3.63) is 42.0 Å². The first-order valence-electron chi connectivity index (χ1n) is 8.97. The largest absolute Gasteiger partial charge is 0.508 e. The molecule has 1 N–H and O–H groups in total. The first-order chi connectivity index (χ1) is 13.2. The lowest BCUT2D eigenvalue weighted by molar-refractivity contribution is -0.137. The summed E-state index contributed by atoms with van der Waals surface area (Å²) < 4.78 is 39.8. The van der Waals surface area contributed by atoms with Gasteiger partial charge in [-0.25, -0.2) is 0 Å². The average molecular weight is 410 g/mol. The fourth-order valence-electron chi connectivity index (χ4n) is 3.32. The minimum atomic E-state index is -4.51. The van der Waals surface area contributed by atoms with Crippen LogP contribution in [0.1, 0.15) is 26.3 Å². The molecule has 0 spiro atoms. The lowest BCUT2D eigenvalue weighted by Gasteiger charge is -2.36. The number of hydrogen-bond acceptors (Lipinski definition) is 4. The van der Waals surface area contributed by atoms with Crippen LogP contribution in [0, 0.1) is 0 Å². The monoisotopic (exact) mass is 410 g/mol. The number of nitrogens with zero attached hydrogens (tertiary/aromatic N) is 2. The molecule has 1 atom stereocenters. The Bertz CT molecular complexity index is 898. The maximum Gasteiger partial charge on any atom is 0.416 e. The number of carbonyl (C=O) groups excluding carboxylic acids is 1. The van der Waals surface area contributed by atoms with E-state index in [1.54, 1.807) is 13.0 Å². The van der Waals surface area contributed by atoms with Crippen molar-refractivity contribution in [1.29, 1.82) is 0 Å². The van der Waals surface area contributed by atoms with Gasteiger partial charge < -0.3 is 5.11 Å². The van der Waals surface area contributed by atoms with E-state index in [1.807, 2.05) is 18.7 Å². The van der Waals surface area contributed by atoms with Crippen LogP contribution in [0.2, 0.25) is 0 Å². The highest BCUT2D eigenvalue weighted by Crippen LogP contribution is 2.50. The summed E-state index contributed by atoms with van der Waals surface area (Å²) in [6.07, 6.45) is -4.51. The number of hydrogen-bond donors (Lipinski definition) is 1. The number of alkyl halides is 3. The summed E-state index contributed by atoms with van der Waals surface area (Å²) >= 11 is 1.23. The van der Waals surface area contributed by atoms with Crippen molar-refractivity contribution in [2.45, 2.75) is 42.8 Å². The second kappa shape index (κ2) is 7.67. The predicted octanol–water partition coefficient (Wildman–Crippen LogP) is 5.27. The van der Waals surface area contributed by atoms with Gasteiger partial charge in [0.05, 0.1) is 23.0 Å². The highest BCUT2D eigenvalue weighted by Gasteiger charge is 2.36. The van der Waals surface area contributed by atoms with Crippen LogP contribution >= 0.6 is 11.8 Å². The van der Waals surface area contributed by atoms with Crippen molar-refractivity contribution in [1.82, 2.24) is 4.90 Å². The molecule has 0 fully saturated rings. The van der Waals surface area contributed by atoms with Gasteiger partial charge in [0.2, 0.25) is 5.91 Å². The van der Waals surface area contributed by atoms with E-state index in [2.05, 4.69) is 0 Å². The molecule has 3 rings (SSSR count). The van der Waals surface area contributed by atoms with Gasteiger partial charge in [-0.3, -0.25) is 14.6 Å². The first-order valence-corrected chi connectivity index (χ1v) is 9.79. The second-order valence-electron chi connectivity index (χ2n) is 6.51. The van der Waals surface area contributed by atoms with Gasteiger partial charge in [-0.2, -0.15) is 13.2 Å². The van der Waals surface area contributed by atoms with Gasteiger partial charge in [0.25, 0.3) is 0 Å². The van der Waals surface area contributed by atoms with Crippen molar-refractivity contribution in [3.8, 4) is 5.75 Å². The molecule has 1 amide bonds. The van der Waals surface area contributed by atoms with Gasteiger partial charge in [-0.05, 0) is 56.4 Å². The second-order valence-corrected chi connectivity index (χ2v) is 7.59. The van der Waals surface area contributed by atoms with Crippen molar-refractivity contribution >= 4 is 29.0 Å². The average Bonchev–Trinajstić information content (AvgIpc) is 2.65. The Morgan fingerprint density at radius 3 is 2.39 bits per heavy atom. The third kappa shape index (κ3) is 3.71. The van der Waals surface area contributed by atoms with Crippen molar-refractivity contribution < 1.29 is 23.1 Å². The fourth-order valence-corrected chi connectivity index (χ4v) is 4.40. The highest BCUT2D eigenvalue weighted by molar-refractivity contribution is 7.99.